The quantitative estimate of drug-likeness (QED) is 0.299. The van der Waals surface area contributed by atoms with E-state index >= 15 is 0 Å². The Morgan fingerprint density at radius 2 is 1.90 bits per heavy atom. The maximum Gasteiger partial charge on any atom is 0.331 e. The summed E-state index contributed by atoms with van der Waals surface area (Å²) in [6.45, 7) is 5.16. The first kappa shape index (κ1) is 22.9. The van der Waals surface area contributed by atoms with E-state index in [1.165, 1.54) is 30.0 Å². The van der Waals surface area contributed by atoms with Gasteiger partial charge in [0.05, 0.1) is 5.25 Å². The fourth-order valence-corrected chi connectivity index (χ4v) is 4.48. The molecule has 0 spiro atoms. The lowest BCUT2D eigenvalue weighted by Gasteiger charge is -2.11. The number of hydrogen-bond acceptors (Lipinski definition) is 8. The Morgan fingerprint density at radius 1 is 1.21 bits per heavy atom. The first-order chi connectivity index (χ1) is 13.8. The van der Waals surface area contributed by atoms with Crippen LogP contribution in [0.5, 0.6) is 0 Å². The van der Waals surface area contributed by atoms with Crippen LogP contribution in [0.2, 0.25) is 0 Å². The Bertz CT molecular complexity index is 912. The molecule has 0 saturated carbocycles. The Morgan fingerprint density at radius 3 is 2.52 bits per heavy atom. The predicted molar refractivity (Wildman–Crippen MR) is 117 cm³/mol. The normalized spacial score (nSPS) is 12.3. The molecule has 0 aliphatic carbocycles. The van der Waals surface area contributed by atoms with Crippen LogP contribution >= 0.6 is 34.9 Å². The second-order valence-corrected chi connectivity index (χ2v) is 9.60. The van der Waals surface area contributed by atoms with Crippen LogP contribution in [-0.4, -0.2) is 44.1 Å². The van der Waals surface area contributed by atoms with Crippen LogP contribution in [0.25, 0.3) is 0 Å². The van der Waals surface area contributed by atoms with E-state index in [-0.39, 0.29) is 16.7 Å². The highest BCUT2D eigenvalue weighted by Crippen LogP contribution is 2.28. The summed E-state index contributed by atoms with van der Waals surface area (Å²) in [5.41, 5.74) is 0.478. The number of nitrogens with one attached hydrogen (secondary N) is 2. The molecule has 8 nitrogen and oxygen atoms in total. The zero-order chi connectivity index (χ0) is 21.4. The van der Waals surface area contributed by atoms with Crippen molar-refractivity contribution in [2.45, 2.75) is 35.3 Å². The molecular weight excluding hydrogens is 432 g/mol. The topological polar surface area (TPSA) is 121 Å². The van der Waals surface area contributed by atoms with Crippen molar-refractivity contribution in [3.63, 3.8) is 0 Å². The number of amides is 2. The minimum absolute atomic E-state index is 0.0506. The molecule has 2 rings (SSSR count). The molecule has 1 aromatic carbocycles. The number of anilines is 2. The van der Waals surface area contributed by atoms with Crippen LogP contribution in [0.4, 0.5) is 10.8 Å². The average molecular weight is 453 g/mol. The van der Waals surface area contributed by atoms with E-state index in [0.717, 1.165) is 21.1 Å². The number of benzene rings is 1. The predicted octanol–water partition coefficient (Wildman–Crippen LogP) is 3.74. The number of carboxylic acid groups (broad SMARTS) is 1. The number of carbonyl (C=O) groups excluding carboxylic acids is 2. The van der Waals surface area contributed by atoms with Crippen LogP contribution in [0, 0.1) is 0 Å². The SMILES string of the molecule is CCSc1nnc(NC(=O)C(C)Sc2ccc(NC(=O)C=C(C)C(=O)O)cc2)s1. The van der Waals surface area contributed by atoms with Crippen molar-refractivity contribution in [1.29, 1.82) is 0 Å². The largest absolute Gasteiger partial charge is 0.478 e. The van der Waals surface area contributed by atoms with Crippen LogP contribution in [-0.2, 0) is 14.4 Å². The molecule has 0 fully saturated rings. The Balaban J connectivity index is 1.89. The summed E-state index contributed by atoms with van der Waals surface area (Å²) in [5, 5.41) is 22.2. The molecule has 0 aliphatic rings. The number of aromatic nitrogens is 2. The van der Waals surface area contributed by atoms with Gasteiger partial charge in [0.25, 0.3) is 0 Å². The molecule has 1 atom stereocenters. The summed E-state index contributed by atoms with van der Waals surface area (Å²) in [7, 11) is 0. The van der Waals surface area contributed by atoms with Crippen molar-refractivity contribution >= 4 is 63.5 Å². The van der Waals surface area contributed by atoms with Gasteiger partial charge in [0, 0.05) is 22.2 Å². The molecular formula is C18H20N4O4S3. The third-order valence-electron chi connectivity index (χ3n) is 3.39. The van der Waals surface area contributed by atoms with Crippen molar-refractivity contribution in [3.05, 3.63) is 35.9 Å². The lowest BCUT2D eigenvalue weighted by atomic mass is 10.2. The molecule has 0 aliphatic heterocycles. The summed E-state index contributed by atoms with van der Waals surface area (Å²) < 4.78 is 0.814. The second-order valence-electron chi connectivity index (χ2n) is 5.70. The maximum absolute atomic E-state index is 12.3. The van der Waals surface area contributed by atoms with Gasteiger partial charge < -0.3 is 10.4 Å². The smallest absolute Gasteiger partial charge is 0.331 e. The third-order valence-corrected chi connectivity index (χ3v) is 6.36. The van der Waals surface area contributed by atoms with E-state index in [4.69, 9.17) is 5.11 Å². The zero-order valence-electron chi connectivity index (χ0n) is 16.0. The highest BCUT2D eigenvalue weighted by atomic mass is 32.2. The Kier molecular flexibility index (Phi) is 8.68. The Labute approximate surface area is 180 Å². The van der Waals surface area contributed by atoms with Crippen molar-refractivity contribution in [3.8, 4) is 0 Å². The summed E-state index contributed by atoms with van der Waals surface area (Å²) >= 11 is 4.28. The van der Waals surface area contributed by atoms with Gasteiger partial charge in [-0.05, 0) is 43.9 Å². The van der Waals surface area contributed by atoms with Crippen LogP contribution in [0.3, 0.4) is 0 Å². The third kappa shape index (κ3) is 7.52. The van der Waals surface area contributed by atoms with Gasteiger partial charge in [0.1, 0.15) is 0 Å². The van der Waals surface area contributed by atoms with Gasteiger partial charge in [-0.1, -0.05) is 30.0 Å². The lowest BCUT2D eigenvalue weighted by Crippen LogP contribution is -2.22. The van der Waals surface area contributed by atoms with Crippen LogP contribution in [0.15, 0.2) is 45.1 Å². The number of hydrogen-bond donors (Lipinski definition) is 3. The fraction of sp³-hybridized carbons (Fsp3) is 0.278. The van der Waals surface area contributed by atoms with Crippen molar-refractivity contribution in [1.82, 2.24) is 10.2 Å². The first-order valence-corrected chi connectivity index (χ1v) is 11.2. The number of rotatable bonds is 9. The lowest BCUT2D eigenvalue weighted by molar-refractivity contribution is -0.132. The molecule has 0 saturated heterocycles. The van der Waals surface area contributed by atoms with Crippen molar-refractivity contribution < 1.29 is 19.5 Å². The Hall–Kier alpha value is -2.37. The van der Waals surface area contributed by atoms with E-state index in [0.29, 0.717) is 10.8 Å². The summed E-state index contributed by atoms with van der Waals surface area (Å²) in [4.78, 5) is 35.7. The number of carboxylic acids is 1. The van der Waals surface area contributed by atoms with Gasteiger partial charge in [-0.2, -0.15) is 0 Å². The summed E-state index contributed by atoms with van der Waals surface area (Å²) in [5.74, 6) is -0.949. The van der Waals surface area contributed by atoms with Gasteiger partial charge in [0.2, 0.25) is 16.9 Å². The monoisotopic (exact) mass is 452 g/mol. The molecule has 1 unspecified atom stereocenters. The van der Waals surface area contributed by atoms with Crippen molar-refractivity contribution in [2.75, 3.05) is 16.4 Å². The molecule has 29 heavy (non-hydrogen) atoms. The molecule has 11 heteroatoms. The van der Waals surface area contributed by atoms with Crippen molar-refractivity contribution in [2.24, 2.45) is 0 Å². The van der Waals surface area contributed by atoms with Gasteiger partial charge >= 0.3 is 5.97 Å². The zero-order valence-corrected chi connectivity index (χ0v) is 18.4. The van der Waals surface area contributed by atoms with Gasteiger partial charge in [-0.3, -0.25) is 14.9 Å². The van der Waals surface area contributed by atoms with E-state index in [9.17, 15) is 14.4 Å². The molecule has 2 aromatic rings. The average Bonchev–Trinajstić information content (AvgIpc) is 3.10. The minimum atomic E-state index is -1.15. The maximum atomic E-state index is 12.3. The number of thioether (sulfide) groups is 2. The van der Waals surface area contributed by atoms with Gasteiger partial charge in [0.15, 0.2) is 4.34 Å². The number of nitrogens with zero attached hydrogens (tertiary/aromatic N) is 2. The van der Waals surface area contributed by atoms with Crippen LogP contribution in [0.1, 0.15) is 20.8 Å². The number of carbonyl (C=O) groups is 3. The van der Waals surface area contributed by atoms with E-state index in [1.807, 2.05) is 6.92 Å². The van der Waals surface area contributed by atoms with Gasteiger partial charge in [-0.25, -0.2) is 4.79 Å². The second kappa shape index (κ2) is 11.0. The standard InChI is InChI=1S/C18H20N4O4S3/c1-4-27-18-22-21-17(29-18)20-15(24)11(3)28-13-7-5-12(6-8-13)19-14(23)9-10(2)16(25)26/h5-9,11H,4H2,1-3H3,(H,19,23)(H,25,26)(H,20,21,24). The van der Waals surface area contributed by atoms with E-state index < -0.39 is 11.9 Å². The molecule has 3 N–H and O–H groups in total. The molecule has 154 valence electrons. The molecule has 0 radical (unpaired) electrons. The van der Waals surface area contributed by atoms with Gasteiger partial charge in [-0.15, -0.1) is 22.0 Å². The minimum Gasteiger partial charge on any atom is -0.478 e. The fourth-order valence-electron chi connectivity index (χ4n) is 1.96. The molecule has 1 heterocycles. The summed E-state index contributed by atoms with van der Waals surface area (Å²) in [6, 6.07) is 6.93. The highest BCUT2D eigenvalue weighted by Gasteiger charge is 2.17. The van der Waals surface area contributed by atoms with E-state index in [1.54, 1.807) is 43.0 Å². The molecule has 2 amide bonds. The highest BCUT2D eigenvalue weighted by molar-refractivity contribution is 8.01. The first-order valence-electron chi connectivity index (χ1n) is 8.55. The summed E-state index contributed by atoms with van der Waals surface area (Å²) in [6.07, 6.45) is 1.02. The molecule has 0 bridgehead atoms. The van der Waals surface area contributed by atoms with E-state index in [2.05, 4.69) is 20.8 Å². The number of aliphatic carboxylic acids is 1. The van der Waals surface area contributed by atoms with Crippen LogP contribution < -0.4 is 10.6 Å². The molecule has 1 aromatic heterocycles.